The molecule has 3 heteroatoms. The van der Waals surface area contributed by atoms with E-state index in [0.717, 1.165) is 56.0 Å². The van der Waals surface area contributed by atoms with E-state index in [2.05, 4.69) is 84.9 Å². The van der Waals surface area contributed by atoms with Crippen LogP contribution in [0.5, 0.6) is 11.5 Å². The van der Waals surface area contributed by atoms with Crippen LogP contribution in [0.25, 0.3) is 44.5 Å². The number of benzene rings is 6. The van der Waals surface area contributed by atoms with Gasteiger partial charge < -0.3 is 9.31 Å². The maximum Gasteiger partial charge on any atom is 0.658 e. The molecule has 0 unspecified atom stereocenters. The van der Waals surface area contributed by atoms with Crippen molar-refractivity contribution in [1.82, 2.24) is 0 Å². The SMILES string of the molecule is [B](Oc1c(-c2ccccc2)cccc1-c1ccccc1)Oc1c(-c2ccccc2)cccc1-c1ccccc1. The average Bonchev–Trinajstić information content (AvgIpc) is 3.03. The van der Waals surface area contributed by atoms with Crippen molar-refractivity contribution in [2.45, 2.75) is 0 Å². The quantitative estimate of drug-likeness (QED) is 0.194. The van der Waals surface area contributed by atoms with Crippen LogP contribution < -0.4 is 9.31 Å². The Labute approximate surface area is 230 Å². The molecule has 1 radical (unpaired) electrons. The van der Waals surface area contributed by atoms with E-state index in [-0.39, 0.29) is 0 Å². The second-order valence-corrected chi connectivity index (χ2v) is 9.16. The summed E-state index contributed by atoms with van der Waals surface area (Å²) in [6.07, 6.45) is 0. The Morgan fingerprint density at radius 2 is 0.538 bits per heavy atom. The Hall–Kier alpha value is -5.02. The minimum Gasteiger partial charge on any atom is -0.525 e. The van der Waals surface area contributed by atoms with Gasteiger partial charge in [-0.05, 0) is 22.3 Å². The third-order valence-corrected chi connectivity index (χ3v) is 6.70. The maximum absolute atomic E-state index is 6.42. The van der Waals surface area contributed by atoms with Gasteiger partial charge in [-0.2, -0.15) is 0 Å². The molecule has 0 bridgehead atoms. The minimum absolute atomic E-state index is 0.744. The molecule has 0 N–H and O–H groups in total. The zero-order chi connectivity index (χ0) is 26.3. The molecule has 0 aliphatic carbocycles. The van der Waals surface area contributed by atoms with Crippen LogP contribution in [0.4, 0.5) is 0 Å². The van der Waals surface area contributed by atoms with Gasteiger partial charge >= 0.3 is 7.69 Å². The van der Waals surface area contributed by atoms with Crippen LogP contribution in [0.15, 0.2) is 158 Å². The Morgan fingerprint density at radius 1 is 0.282 bits per heavy atom. The van der Waals surface area contributed by atoms with E-state index >= 15 is 0 Å². The van der Waals surface area contributed by atoms with Crippen LogP contribution in [-0.4, -0.2) is 7.69 Å². The van der Waals surface area contributed by atoms with E-state index in [1.54, 1.807) is 0 Å². The first kappa shape index (κ1) is 24.3. The molecule has 0 saturated carbocycles. The van der Waals surface area contributed by atoms with Crippen LogP contribution in [0.3, 0.4) is 0 Å². The fourth-order valence-corrected chi connectivity index (χ4v) is 4.83. The molecule has 39 heavy (non-hydrogen) atoms. The molecule has 0 atom stereocenters. The van der Waals surface area contributed by atoms with Gasteiger partial charge in [0.05, 0.1) is 0 Å². The average molecular weight is 501 g/mol. The van der Waals surface area contributed by atoms with Crippen molar-refractivity contribution in [3.63, 3.8) is 0 Å². The highest BCUT2D eigenvalue weighted by Gasteiger charge is 2.18. The molecule has 0 spiro atoms. The van der Waals surface area contributed by atoms with E-state index in [0.29, 0.717) is 0 Å². The van der Waals surface area contributed by atoms with Crippen LogP contribution >= 0.6 is 0 Å². The van der Waals surface area contributed by atoms with Crippen molar-refractivity contribution < 1.29 is 9.31 Å². The second-order valence-electron chi connectivity index (χ2n) is 9.16. The zero-order valence-electron chi connectivity index (χ0n) is 21.4. The monoisotopic (exact) mass is 501 g/mol. The Morgan fingerprint density at radius 3 is 0.795 bits per heavy atom. The molecule has 6 rings (SSSR count). The molecule has 0 fully saturated rings. The minimum atomic E-state index is 0.744. The second kappa shape index (κ2) is 11.6. The summed E-state index contributed by atoms with van der Waals surface area (Å²) in [5, 5.41) is 0. The van der Waals surface area contributed by atoms with Crippen molar-refractivity contribution >= 4 is 7.69 Å². The van der Waals surface area contributed by atoms with Gasteiger partial charge in [0.2, 0.25) is 0 Å². The first-order valence-electron chi connectivity index (χ1n) is 13.0. The molecule has 0 aliphatic heterocycles. The molecule has 0 aromatic heterocycles. The standard InChI is InChI=1S/C36H26BO2/c1-5-15-27(16-6-1)31-23-13-24-32(28-17-7-2-8-18-28)35(31)38-37-39-36-33(29-19-9-3-10-20-29)25-14-26-34(36)30-21-11-4-12-22-30/h1-26H. The lowest BCUT2D eigenvalue weighted by atomic mass is 9.96. The third kappa shape index (κ3) is 5.34. The van der Waals surface area contributed by atoms with Gasteiger partial charge in [0.15, 0.2) is 0 Å². The maximum atomic E-state index is 6.42. The molecule has 0 saturated heterocycles. The van der Waals surface area contributed by atoms with Gasteiger partial charge in [0.25, 0.3) is 0 Å². The molecular weight excluding hydrogens is 475 g/mol. The Kier molecular flexibility index (Phi) is 7.22. The van der Waals surface area contributed by atoms with E-state index in [1.165, 1.54) is 7.69 Å². The van der Waals surface area contributed by atoms with Gasteiger partial charge in [0, 0.05) is 22.3 Å². The smallest absolute Gasteiger partial charge is 0.525 e. The Bertz CT molecular complexity index is 1410. The van der Waals surface area contributed by atoms with Crippen LogP contribution in [-0.2, 0) is 0 Å². The summed E-state index contributed by atoms with van der Waals surface area (Å²) in [4.78, 5) is 0. The number of para-hydroxylation sites is 2. The molecule has 6 aromatic rings. The topological polar surface area (TPSA) is 18.5 Å². The lowest BCUT2D eigenvalue weighted by Crippen LogP contribution is -2.13. The zero-order valence-corrected chi connectivity index (χ0v) is 21.4. The van der Waals surface area contributed by atoms with Crippen LogP contribution in [0, 0.1) is 0 Å². The molecular formula is C36H26BO2. The van der Waals surface area contributed by atoms with E-state index < -0.39 is 0 Å². The Balaban J connectivity index is 1.40. The van der Waals surface area contributed by atoms with Crippen molar-refractivity contribution in [1.29, 1.82) is 0 Å². The predicted molar refractivity (Wildman–Crippen MR) is 162 cm³/mol. The fourth-order valence-electron chi connectivity index (χ4n) is 4.83. The van der Waals surface area contributed by atoms with E-state index in [9.17, 15) is 0 Å². The van der Waals surface area contributed by atoms with Gasteiger partial charge in [-0.15, -0.1) is 0 Å². The van der Waals surface area contributed by atoms with Crippen LogP contribution in [0.1, 0.15) is 0 Å². The highest BCUT2D eigenvalue weighted by molar-refractivity contribution is 6.22. The van der Waals surface area contributed by atoms with Gasteiger partial charge in [-0.1, -0.05) is 158 Å². The summed E-state index contributed by atoms with van der Waals surface area (Å²) >= 11 is 0. The first-order valence-corrected chi connectivity index (χ1v) is 13.0. The summed E-state index contributed by atoms with van der Waals surface area (Å²) in [7, 11) is 1.46. The predicted octanol–water partition coefficient (Wildman–Crippen LogP) is 9.35. The normalized spacial score (nSPS) is 10.6. The lowest BCUT2D eigenvalue weighted by Gasteiger charge is -2.19. The molecule has 185 valence electrons. The van der Waals surface area contributed by atoms with E-state index in [4.69, 9.17) is 9.31 Å². The third-order valence-electron chi connectivity index (χ3n) is 6.70. The summed E-state index contributed by atoms with van der Waals surface area (Å²) in [6.45, 7) is 0. The number of hydrogen-bond donors (Lipinski definition) is 0. The van der Waals surface area contributed by atoms with Crippen molar-refractivity contribution in [3.8, 4) is 56.0 Å². The summed E-state index contributed by atoms with van der Waals surface area (Å²) < 4.78 is 12.8. The summed E-state index contributed by atoms with van der Waals surface area (Å²) in [5.74, 6) is 1.49. The van der Waals surface area contributed by atoms with Crippen LogP contribution in [0.2, 0.25) is 0 Å². The summed E-state index contributed by atoms with van der Waals surface area (Å²) in [6, 6.07) is 53.6. The van der Waals surface area contributed by atoms with Crippen molar-refractivity contribution in [2.24, 2.45) is 0 Å². The number of rotatable bonds is 8. The first-order chi connectivity index (χ1) is 19.4. The molecule has 6 aromatic carbocycles. The van der Waals surface area contributed by atoms with Crippen molar-refractivity contribution in [2.75, 3.05) is 0 Å². The lowest BCUT2D eigenvalue weighted by molar-refractivity contribution is 0.462. The van der Waals surface area contributed by atoms with E-state index in [1.807, 2.05) is 72.8 Å². The highest BCUT2D eigenvalue weighted by Crippen LogP contribution is 2.41. The van der Waals surface area contributed by atoms with Gasteiger partial charge in [-0.3, -0.25) is 0 Å². The number of hydrogen-bond acceptors (Lipinski definition) is 2. The molecule has 0 aliphatic rings. The summed E-state index contributed by atoms with van der Waals surface area (Å²) in [5.41, 5.74) is 8.30. The van der Waals surface area contributed by atoms with Gasteiger partial charge in [0.1, 0.15) is 11.5 Å². The molecule has 2 nitrogen and oxygen atoms in total. The van der Waals surface area contributed by atoms with Gasteiger partial charge in [-0.25, -0.2) is 0 Å². The largest absolute Gasteiger partial charge is 0.658 e. The fraction of sp³-hybridized carbons (Fsp3) is 0. The molecule has 0 heterocycles. The van der Waals surface area contributed by atoms with Crippen molar-refractivity contribution in [3.05, 3.63) is 158 Å². The molecule has 0 amide bonds. The highest BCUT2D eigenvalue weighted by atomic mass is 16.6.